The van der Waals surface area contributed by atoms with E-state index >= 15 is 0 Å². The Morgan fingerprint density at radius 3 is 2.64 bits per heavy atom. The lowest BCUT2D eigenvalue weighted by Gasteiger charge is -2.32. The lowest BCUT2D eigenvalue weighted by atomic mass is 10.1. The molecule has 2 aliphatic heterocycles. The number of rotatable bonds is 3. The maximum atomic E-state index is 12.5. The Bertz CT molecular complexity index is 684. The van der Waals surface area contributed by atoms with Gasteiger partial charge >= 0.3 is 6.03 Å². The van der Waals surface area contributed by atoms with Crippen LogP contribution in [0.1, 0.15) is 18.5 Å². The summed E-state index contributed by atoms with van der Waals surface area (Å²) >= 11 is 3.51. The maximum absolute atomic E-state index is 12.5. The van der Waals surface area contributed by atoms with Crippen molar-refractivity contribution in [3.63, 3.8) is 0 Å². The van der Waals surface area contributed by atoms with Crippen LogP contribution in [0.15, 0.2) is 16.6 Å². The molecule has 0 unspecified atom stereocenters. The van der Waals surface area contributed by atoms with E-state index in [9.17, 15) is 9.59 Å². The van der Waals surface area contributed by atoms with E-state index in [1.165, 1.54) is 4.90 Å². The molecule has 1 fully saturated rings. The van der Waals surface area contributed by atoms with Crippen LogP contribution in [-0.4, -0.2) is 55.9 Å². The second-order valence-corrected chi connectivity index (χ2v) is 6.75. The van der Waals surface area contributed by atoms with Gasteiger partial charge in [0.1, 0.15) is 13.2 Å². The van der Waals surface area contributed by atoms with Gasteiger partial charge in [0.25, 0.3) is 0 Å². The first-order valence-corrected chi connectivity index (χ1v) is 8.80. The Balaban J connectivity index is 1.68. The van der Waals surface area contributed by atoms with Crippen molar-refractivity contribution in [3.05, 3.63) is 22.2 Å². The van der Waals surface area contributed by atoms with Crippen LogP contribution in [0.25, 0.3) is 0 Å². The Labute approximate surface area is 153 Å². The molecule has 136 valence electrons. The molecule has 2 atom stereocenters. The van der Waals surface area contributed by atoms with Crippen molar-refractivity contribution in [2.75, 3.05) is 32.9 Å². The average Bonchev–Trinajstić information content (AvgIpc) is 2.61. The fourth-order valence-corrected chi connectivity index (χ4v) is 3.44. The molecule has 0 aromatic heterocycles. The Morgan fingerprint density at radius 2 is 1.96 bits per heavy atom. The summed E-state index contributed by atoms with van der Waals surface area (Å²) in [6, 6.07) is 3.15. The van der Waals surface area contributed by atoms with Gasteiger partial charge in [-0.1, -0.05) is 15.9 Å². The van der Waals surface area contributed by atoms with Gasteiger partial charge < -0.3 is 30.2 Å². The highest BCUT2D eigenvalue weighted by molar-refractivity contribution is 9.10. The van der Waals surface area contributed by atoms with Crippen molar-refractivity contribution in [1.82, 2.24) is 10.2 Å². The van der Waals surface area contributed by atoms with E-state index < -0.39 is 12.0 Å². The van der Waals surface area contributed by atoms with E-state index in [0.29, 0.717) is 31.3 Å². The topological polar surface area (TPSA) is 103 Å². The van der Waals surface area contributed by atoms with Gasteiger partial charge in [-0.3, -0.25) is 4.79 Å². The number of halogens is 1. The van der Waals surface area contributed by atoms with Gasteiger partial charge in [0.05, 0.1) is 19.2 Å². The van der Waals surface area contributed by atoms with Crippen LogP contribution in [0.5, 0.6) is 11.5 Å². The lowest BCUT2D eigenvalue weighted by Crippen LogP contribution is -2.53. The molecule has 3 rings (SSSR count). The average molecular weight is 414 g/mol. The van der Waals surface area contributed by atoms with E-state index in [0.717, 1.165) is 10.0 Å². The number of urea groups is 1. The molecule has 0 aliphatic carbocycles. The monoisotopic (exact) mass is 413 g/mol. The normalized spacial score (nSPS) is 20.7. The standard InChI is InChI=1S/C16H20BrN3O5/c1-9(10-6-12-13(7-11(10)17)25-5-4-24-12)19-16(22)20-2-3-23-14(8-20)15(18)21/h6-7,9,14H,2-5,8H2,1H3,(H2,18,21)(H,19,22)/t9-,14-/m0/s1. The molecule has 8 nitrogen and oxygen atoms in total. The molecule has 25 heavy (non-hydrogen) atoms. The smallest absolute Gasteiger partial charge is 0.318 e. The zero-order chi connectivity index (χ0) is 18.0. The summed E-state index contributed by atoms with van der Waals surface area (Å²) < 4.78 is 17.2. The van der Waals surface area contributed by atoms with Crippen LogP contribution in [0, 0.1) is 0 Å². The summed E-state index contributed by atoms with van der Waals surface area (Å²) in [5.41, 5.74) is 6.12. The molecule has 2 aliphatic rings. The van der Waals surface area contributed by atoms with Gasteiger partial charge in [0, 0.05) is 11.0 Å². The number of primary amides is 1. The Hall–Kier alpha value is -2.00. The molecular formula is C16H20BrN3O5. The highest BCUT2D eigenvalue weighted by Crippen LogP contribution is 2.37. The second-order valence-electron chi connectivity index (χ2n) is 5.90. The van der Waals surface area contributed by atoms with Crippen LogP contribution in [-0.2, 0) is 9.53 Å². The van der Waals surface area contributed by atoms with Crippen LogP contribution < -0.4 is 20.5 Å². The number of hydrogen-bond acceptors (Lipinski definition) is 5. The number of nitrogens with one attached hydrogen (secondary N) is 1. The van der Waals surface area contributed by atoms with Gasteiger partial charge in [-0.25, -0.2) is 4.79 Å². The molecule has 9 heteroatoms. The van der Waals surface area contributed by atoms with Gasteiger partial charge in [-0.2, -0.15) is 0 Å². The van der Waals surface area contributed by atoms with Crippen molar-refractivity contribution >= 4 is 27.9 Å². The molecule has 1 saturated heterocycles. The number of carbonyl (C=O) groups excluding carboxylic acids is 2. The molecule has 0 bridgehead atoms. The second kappa shape index (κ2) is 7.49. The minimum Gasteiger partial charge on any atom is -0.486 e. The zero-order valence-corrected chi connectivity index (χ0v) is 15.4. The van der Waals surface area contributed by atoms with Gasteiger partial charge in [-0.05, 0) is 24.6 Å². The first-order valence-electron chi connectivity index (χ1n) is 8.01. The number of nitrogens with zero attached hydrogens (tertiary/aromatic N) is 1. The van der Waals surface area contributed by atoms with Crippen molar-refractivity contribution < 1.29 is 23.8 Å². The van der Waals surface area contributed by atoms with Gasteiger partial charge in [0.15, 0.2) is 17.6 Å². The van der Waals surface area contributed by atoms with Crippen molar-refractivity contribution in [1.29, 1.82) is 0 Å². The lowest BCUT2D eigenvalue weighted by molar-refractivity contribution is -0.133. The number of carbonyl (C=O) groups is 2. The minimum absolute atomic E-state index is 0.149. The van der Waals surface area contributed by atoms with Crippen molar-refractivity contribution in [2.45, 2.75) is 19.1 Å². The molecule has 0 radical (unpaired) electrons. The van der Waals surface area contributed by atoms with E-state index in [1.54, 1.807) is 0 Å². The number of amides is 3. The fourth-order valence-electron chi connectivity index (χ4n) is 2.77. The van der Waals surface area contributed by atoms with Crippen molar-refractivity contribution in [2.24, 2.45) is 5.73 Å². The highest BCUT2D eigenvalue weighted by atomic mass is 79.9. The quantitative estimate of drug-likeness (QED) is 0.773. The zero-order valence-electron chi connectivity index (χ0n) is 13.8. The summed E-state index contributed by atoms with van der Waals surface area (Å²) in [5.74, 6) is 0.767. The third-order valence-corrected chi connectivity index (χ3v) is 4.83. The van der Waals surface area contributed by atoms with Crippen LogP contribution >= 0.6 is 15.9 Å². The Morgan fingerprint density at radius 1 is 1.28 bits per heavy atom. The van der Waals surface area contributed by atoms with Crippen LogP contribution in [0.4, 0.5) is 4.79 Å². The number of ether oxygens (including phenoxy) is 3. The van der Waals surface area contributed by atoms with Crippen LogP contribution in [0.3, 0.4) is 0 Å². The molecule has 3 amide bonds. The third-order valence-electron chi connectivity index (χ3n) is 4.14. The molecule has 1 aromatic rings. The number of fused-ring (bicyclic) bond motifs is 1. The molecular weight excluding hydrogens is 394 g/mol. The largest absolute Gasteiger partial charge is 0.486 e. The van der Waals surface area contributed by atoms with E-state index in [4.69, 9.17) is 19.9 Å². The summed E-state index contributed by atoms with van der Waals surface area (Å²) in [6.07, 6.45) is -0.768. The first kappa shape index (κ1) is 17.8. The van der Waals surface area contributed by atoms with E-state index in [1.807, 2.05) is 19.1 Å². The van der Waals surface area contributed by atoms with Crippen molar-refractivity contribution in [3.8, 4) is 11.5 Å². The summed E-state index contributed by atoms with van der Waals surface area (Å²) in [5, 5.41) is 2.93. The predicted molar refractivity (Wildman–Crippen MR) is 92.6 cm³/mol. The SMILES string of the molecule is C[C@H](NC(=O)N1CCO[C@H](C(N)=O)C1)c1cc2c(cc1Br)OCCO2. The predicted octanol–water partition coefficient (Wildman–Crippen LogP) is 1.18. The van der Waals surface area contributed by atoms with E-state index in [-0.39, 0.29) is 25.2 Å². The molecule has 3 N–H and O–H groups in total. The van der Waals surface area contributed by atoms with E-state index in [2.05, 4.69) is 21.2 Å². The number of morpholine rings is 1. The minimum atomic E-state index is -0.768. The molecule has 0 saturated carbocycles. The molecule has 2 heterocycles. The summed E-state index contributed by atoms with van der Waals surface area (Å²) in [4.78, 5) is 25.3. The summed E-state index contributed by atoms with van der Waals surface area (Å²) in [6.45, 7) is 3.73. The summed E-state index contributed by atoms with van der Waals surface area (Å²) in [7, 11) is 0. The highest BCUT2D eigenvalue weighted by Gasteiger charge is 2.29. The van der Waals surface area contributed by atoms with Gasteiger partial charge in [-0.15, -0.1) is 0 Å². The maximum Gasteiger partial charge on any atom is 0.318 e. The van der Waals surface area contributed by atoms with Crippen LogP contribution in [0.2, 0.25) is 0 Å². The van der Waals surface area contributed by atoms with Gasteiger partial charge in [0.2, 0.25) is 5.91 Å². The number of benzene rings is 1. The number of nitrogens with two attached hydrogens (primary N) is 1. The molecule has 0 spiro atoms. The fraction of sp³-hybridized carbons (Fsp3) is 0.500. The molecule has 1 aromatic carbocycles. The Kier molecular flexibility index (Phi) is 5.33. The number of hydrogen-bond donors (Lipinski definition) is 2. The third kappa shape index (κ3) is 3.98. The first-order chi connectivity index (χ1) is 12.0.